The van der Waals surface area contributed by atoms with Crippen LogP contribution in [0.1, 0.15) is 37.7 Å². The third-order valence-electron chi connectivity index (χ3n) is 5.22. The van der Waals surface area contributed by atoms with Gasteiger partial charge in [0, 0.05) is 25.6 Å². The van der Waals surface area contributed by atoms with Crippen LogP contribution >= 0.6 is 12.4 Å². The molecule has 1 saturated carbocycles. The molecule has 1 amide bonds. The fraction of sp³-hybridized carbons (Fsp3) is 0.632. The number of amides is 1. The number of sulfonamides is 1. The SMILES string of the molecule is CNCC1CCN(C(=O)CCc2ccc(S(=O)(=O)NC3CC3)cc2)CC1.Cl. The third kappa shape index (κ3) is 6.45. The molecule has 3 rings (SSSR count). The van der Waals surface area contributed by atoms with Gasteiger partial charge in [-0.1, -0.05) is 12.1 Å². The van der Waals surface area contributed by atoms with Crippen molar-refractivity contribution in [1.82, 2.24) is 14.9 Å². The number of piperidine rings is 1. The number of hydrogen-bond donors (Lipinski definition) is 2. The predicted molar refractivity (Wildman–Crippen MR) is 109 cm³/mol. The molecule has 152 valence electrons. The number of nitrogens with zero attached hydrogens (tertiary/aromatic N) is 1. The number of hydrogen-bond acceptors (Lipinski definition) is 4. The Morgan fingerprint density at radius 1 is 1.11 bits per heavy atom. The number of rotatable bonds is 8. The predicted octanol–water partition coefficient (Wildman–Crippen LogP) is 1.94. The first-order valence-electron chi connectivity index (χ1n) is 9.51. The lowest BCUT2D eigenvalue weighted by Crippen LogP contribution is -2.40. The number of benzene rings is 1. The highest BCUT2D eigenvalue weighted by Gasteiger charge is 2.28. The summed E-state index contributed by atoms with van der Waals surface area (Å²) in [6.07, 6.45) is 5.09. The quantitative estimate of drug-likeness (QED) is 0.680. The van der Waals surface area contributed by atoms with E-state index in [0.717, 1.165) is 50.9 Å². The standard InChI is InChI=1S/C19H29N3O3S.ClH/c1-20-14-16-10-12-22(13-11-16)19(23)9-4-15-2-7-18(8-3-15)26(24,25)21-17-5-6-17;/h2-3,7-8,16-17,20-21H,4-6,9-14H2,1H3;1H. The average Bonchev–Trinajstić information content (AvgIpc) is 3.44. The van der Waals surface area contributed by atoms with Crippen LogP contribution in [0.3, 0.4) is 0 Å². The Labute approximate surface area is 168 Å². The second-order valence-electron chi connectivity index (χ2n) is 7.42. The Morgan fingerprint density at radius 3 is 2.30 bits per heavy atom. The Kier molecular flexibility index (Phi) is 8.09. The normalized spacial score (nSPS) is 18.2. The van der Waals surface area contributed by atoms with Crippen molar-refractivity contribution in [3.05, 3.63) is 29.8 Å². The highest BCUT2D eigenvalue weighted by atomic mass is 35.5. The molecule has 1 saturated heterocycles. The van der Waals surface area contributed by atoms with Gasteiger partial charge in [-0.3, -0.25) is 4.79 Å². The lowest BCUT2D eigenvalue weighted by Gasteiger charge is -2.32. The van der Waals surface area contributed by atoms with E-state index in [9.17, 15) is 13.2 Å². The molecule has 1 aromatic carbocycles. The lowest BCUT2D eigenvalue weighted by molar-refractivity contribution is -0.132. The van der Waals surface area contributed by atoms with E-state index in [1.165, 1.54) is 0 Å². The van der Waals surface area contributed by atoms with Crippen LogP contribution in [0.2, 0.25) is 0 Å². The summed E-state index contributed by atoms with van der Waals surface area (Å²) < 4.78 is 27.0. The van der Waals surface area contributed by atoms with Crippen molar-refractivity contribution in [2.45, 2.75) is 49.5 Å². The van der Waals surface area contributed by atoms with E-state index < -0.39 is 10.0 Å². The molecule has 1 aliphatic heterocycles. The average molecular weight is 416 g/mol. The highest BCUT2D eigenvalue weighted by Crippen LogP contribution is 2.22. The number of carbonyl (C=O) groups is 1. The molecule has 0 bridgehead atoms. The van der Waals surface area contributed by atoms with E-state index in [4.69, 9.17) is 0 Å². The highest BCUT2D eigenvalue weighted by molar-refractivity contribution is 7.89. The fourth-order valence-electron chi connectivity index (χ4n) is 3.41. The number of halogens is 1. The zero-order valence-electron chi connectivity index (χ0n) is 15.8. The third-order valence-corrected chi connectivity index (χ3v) is 6.76. The molecule has 0 radical (unpaired) electrons. The molecule has 27 heavy (non-hydrogen) atoms. The molecule has 0 spiro atoms. The second kappa shape index (κ2) is 9.87. The van der Waals surface area contributed by atoms with Gasteiger partial charge in [0.2, 0.25) is 15.9 Å². The van der Waals surface area contributed by atoms with Gasteiger partial charge in [-0.15, -0.1) is 12.4 Å². The van der Waals surface area contributed by atoms with Gasteiger partial charge in [0.15, 0.2) is 0 Å². The van der Waals surface area contributed by atoms with Gasteiger partial charge in [0.25, 0.3) is 0 Å². The molecular weight excluding hydrogens is 386 g/mol. The van der Waals surface area contributed by atoms with Gasteiger partial charge in [-0.05, 0) is 69.3 Å². The van der Waals surface area contributed by atoms with Crippen LogP contribution in [-0.2, 0) is 21.2 Å². The topological polar surface area (TPSA) is 78.5 Å². The van der Waals surface area contributed by atoms with Gasteiger partial charge in [-0.25, -0.2) is 13.1 Å². The van der Waals surface area contributed by atoms with Gasteiger partial charge in [-0.2, -0.15) is 0 Å². The zero-order valence-corrected chi connectivity index (χ0v) is 17.4. The Hall–Kier alpha value is -1.15. The minimum absolute atomic E-state index is 0. The van der Waals surface area contributed by atoms with E-state index >= 15 is 0 Å². The summed E-state index contributed by atoms with van der Waals surface area (Å²) in [4.78, 5) is 14.7. The minimum atomic E-state index is -3.40. The first-order valence-corrected chi connectivity index (χ1v) is 11.0. The second-order valence-corrected chi connectivity index (χ2v) is 9.14. The molecule has 0 atom stereocenters. The fourth-order valence-corrected chi connectivity index (χ4v) is 4.71. The van der Waals surface area contributed by atoms with Gasteiger partial charge in [0.05, 0.1) is 4.90 Å². The first-order chi connectivity index (χ1) is 12.5. The van der Waals surface area contributed by atoms with E-state index in [0.29, 0.717) is 23.7 Å². The Morgan fingerprint density at radius 2 is 1.74 bits per heavy atom. The summed E-state index contributed by atoms with van der Waals surface area (Å²) in [5.41, 5.74) is 0.994. The minimum Gasteiger partial charge on any atom is -0.343 e. The van der Waals surface area contributed by atoms with Crippen molar-refractivity contribution in [3.8, 4) is 0 Å². The van der Waals surface area contributed by atoms with Crippen molar-refractivity contribution in [1.29, 1.82) is 0 Å². The molecule has 1 heterocycles. The molecule has 6 nitrogen and oxygen atoms in total. The number of aryl methyl sites for hydroxylation is 1. The summed E-state index contributed by atoms with van der Waals surface area (Å²) in [6.45, 7) is 2.71. The van der Waals surface area contributed by atoms with Crippen LogP contribution in [0.25, 0.3) is 0 Å². The molecule has 8 heteroatoms. The molecule has 0 unspecified atom stereocenters. The summed E-state index contributed by atoms with van der Waals surface area (Å²) >= 11 is 0. The van der Waals surface area contributed by atoms with E-state index in [1.54, 1.807) is 12.1 Å². The molecule has 2 aliphatic rings. The molecule has 0 aromatic heterocycles. The first kappa shape index (κ1) is 22.1. The van der Waals surface area contributed by atoms with Crippen molar-refractivity contribution in [3.63, 3.8) is 0 Å². The molecule has 1 aromatic rings. The smallest absolute Gasteiger partial charge is 0.240 e. The molecule has 2 fully saturated rings. The summed E-state index contributed by atoms with van der Waals surface area (Å²) in [6, 6.07) is 7.00. The van der Waals surface area contributed by atoms with Crippen LogP contribution in [-0.4, -0.2) is 51.9 Å². The maximum atomic E-state index is 12.4. The molecule has 2 N–H and O–H groups in total. The Bertz CT molecular complexity index is 712. The summed E-state index contributed by atoms with van der Waals surface area (Å²) in [7, 11) is -1.43. The summed E-state index contributed by atoms with van der Waals surface area (Å²) in [5.74, 6) is 0.864. The number of carbonyl (C=O) groups excluding carboxylic acids is 1. The molecular formula is C19H30ClN3O3S. The van der Waals surface area contributed by atoms with Crippen molar-refractivity contribution in [2.75, 3.05) is 26.7 Å². The number of likely N-dealkylation sites (tertiary alicyclic amines) is 1. The monoisotopic (exact) mass is 415 g/mol. The van der Waals surface area contributed by atoms with E-state index in [1.807, 2.05) is 24.1 Å². The van der Waals surface area contributed by atoms with Crippen molar-refractivity contribution >= 4 is 28.3 Å². The van der Waals surface area contributed by atoms with Gasteiger partial charge >= 0.3 is 0 Å². The number of nitrogens with one attached hydrogen (secondary N) is 2. The zero-order chi connectivity index (χ0) is 18.6. The van der Waals surface area contributed by atoms with E-state index in [2.05, 4.69) is 10.0 Å². The largest absolute Gasteiger partial charge is 0.343 e. The van der Waals surface area contributed by atoms with Crippen LogP contribution in [0.4, 0.5) is 0 Å². The van der Waals surface area contributed by atoms with E-state index in [-0.39, 0.29) is 24.4 Å². The van der Waals surface area contributed by atoms with Crippen molar-refractivity contribution in [2.24, 2.45) is 5.92 Å². The van der Waals surface area contributed by atoms with Gasteiger partial charge in [0.1, 0.15) is 0 Å². The Balaban J connectivity index is 0.00000261. The van der Waals surface area contributed by atoms with Crippen LogP contribution in [0.5, 0.6) is 0 Å². The van der Waals surface area contributed by atoms with Crippen LogP contribution in [0, 0.1) is 5.92 Å². The van der Waals surface area contributed by atoms with Crippen LogP contribution in [0.15, 0.2) is 29.2 Å². The summed E-state index contributed by atoms with van der Waals surface area (Å²) in [5, 5.41) is 3.21. The van der Waals surface area contributed by atoms with Crippen molar-refractivity contribution < 1.29 is 13.2 Å². The maximum absolute atomic E-state index is 12.4. The lowest BCUT2D eigenvalue weighted by atomic mass is 9.96. The molecule has 1 aliphatic carbocycles. The van der Waals surface area contributed by atoms with Crippen LogP contribution < -0.4 is 10.0 Å². The van der Waals surface area contributed by atoms with Gasteiger partial charge < -0.3 is 10.2 Å². The maximum Gasteiger partial charge on any atom is 0.240 e.